The maximum Gasteiger partial charge on any atom is 0.0576 e. The zero-order chi connectivity index (χ0) is 13.7. The summed E-state index contributed by atoms with van der Waals surface area (Å²) in [6.45, 7) is 0.949. The number of hydrogen-bond donors (Lipinski definition) is 1. The number of nitrogens with one attached hydrogen (secondary N) is 1. The fourth-order valence-electron chi connectivity index (χ4n) is 2.63. The Morgan fingerprint density at radius 2 is 2.37 bits per heavy atom. The van der Waals surface area contributed by atoms with Gasteiger partial charge in [-0.05, 0) is 72.8 Å². The number of halogens is 2. The van der Waals surface area contributed by atoms with Crippen molar-refractivity contribution < 1.29 is 4.74 Å². The van der Waals surface area contributed by atoms with Crippen LogP contribution >= 0.6 is 27.5 Å². The van der Waals surface area contributed by atoms with Crippen LogP contribution in [0.1, 0.15) is 43.7 Å². The molecule has 0 bridgehead atoms. The van der Waals surface area contributed by atoms with Gasteiger partial charge in [0.25, 0.3) is 0 Å². The molecule has 19 heavy (non-hydrogen) atoms. The monoisotopic (exact) mass is 345 g/mol. The molecule has 1 heterocycles. The van der Waals surface area contributed by atoms with Crippen LogP contribution in [0, 0.1) is 0 Å². The second kappa shape index (κ2) is 7.63. The first-order valence-electron chi connectivity index (χ1n) is 6.94. The highest BCUT2D eigenvalue weighted by atomic mass is 79.9. The van der Waals surface area contributed by atoms with Crippen LogP contribution in [0.4, 0.5) is 0 Å². The van der Waals surface area contributed by atoms with Gasteiger partial charge in [0.1, 0.15) is 0 Å². The fraction of sp³-hybridized carbons (Fsp3) is 0.600. The minimum atomic E-state index is 0.384. The van der Waals surface area contributed by atoms with E-state index in [1.165, 1.54) is 31.2 Å². The third-order valence-electron chi connectivity index (χ3n) is 3.74. The van der Waals surface area contributed by atoms with E-state index in [1.54, 1.807) is 0 Å². The molecule has 1 N–H and O–H groups in total. The molecule has 2 rings (SSSR count). The summed E-state index contributed by atoms with van der Waals surface area (Å²) >= 11 is 9.52. The van der Waals surface area contributed by atoms with Gasteiger partial charge in [-0.2, -0.15) is 0 Å². The van der Waals surface area contributed by atoms with Crippen molar-refractivity contribution in [2.45, 2.75) is 44.2 Å². The first-order valence-corrected chi connectivity index (χ1v) is 8.11. The summed E-state index contributed by atoms with van der Waals surface area (Å²) in [5.74, 6) is 0. The van der Waals surface area contributed by atoms with Crippen LogP contribution in [0.2, 0.25) is 5.02 Å². The summed E-state index contributed by atoms with van der Waals surface area (Å²) in [6, 6.07) is 6.54. The van der Waals surface area contributed by atoms with Crippen LogP contribution in [-0.4, -0.2) is 19.8 Å². The molecule has 1 fully saturated rings. The molecule has 1 aliphatic heterocycles. The molecule has 2 atom stereocenters. The molecule has 1 aromatic rings. The summed E-state index contributed by atoms with van der Waals surface area (Å²) < 4.78 is 6.63. The highest BCUT2D eigenvalue weighted by Crippen LogP contribution is 2.28. The molecule has 0 spiro atoms. The van der Waals surface area contributed by atoms with Crippen molar-refractivity contribution in [3.63, 3.8) is 0 Å². The van der Waals surface area contributed by atoms with Gasteiger partial charge in [-0.15, -0.1) is 0 Å². The maximum absolute atomic E-state index is 6.04. The SMILES string of the molecule is CNC(CCCC1CCCO1)c1ccc(Cl)c(Br)c1. The molecule has 2 unspecified atom stereocenters. The van der Waals surface area contributed by atoms with Gasteiger partial charge in [-0.25, -0.2) is 0 Å². The van der Waals surface area contributed by atoms with Gasteiger partial charge in [-0.1, -0.05) is 17.7 Å². The summed E-state index contributed by atoms with van der Waals surface area (Å²) in [6.07, 6.45) is 6.45. The predicted octanol–water partition coefficient (Wildman–Crippen LogP) is 4.71. The highest BCUT2D eigenvalue weighted by molar-refractivity contribution is 9.10. The van der Waals surface area contributed by atoms with Crippen LogP contribution in [-0.2, 0) is 4.74 Å². The number of rotatable bonds is 6. The Hall–Kier alpha value is -0.0900. The number of benzene rings is 1. The molecule has 4 heteroatoms. The highest BCUT2D eigenvalue weighted by Gasteiger charge is 2.16. The molecule has 1 aromatic carbocycles. The average molecular weight is 347 g/mol. The van der Waals surface area contributed by atoms with Crippen LogP contribution in [0.3, 0.4) is 0 Å². The van der Waals surface area contributed by atoms with E-state index >= 15 is 0 Å². The van der Waals surface area contributed by atoms with Crippen LogP contribution in [0.25, 0.3) is 0 Å². The Balaban J connectivity index is 1.86. The molecule has 0 aromatic heterocycles. The lowest BCUT2D eigenvalue weighted by atomic mass is 9.99. The Kier molecular flexibility index (Phi) is 6.14. The van der Waals surface area contributed by atoms with Gasteiger partial charge >= 0.3 is 0 Å². The molecular formula is C15H21BrClNO. The summed E-state index contributed by atoms with van der Waals surface area (Å²) in [5, 5.41) is 4.15. The largest absolute Gasteiger partial charge is 0.378 e. The van der Waals surface area contributed by atoms with Gasteiger partial charge in [0.05, 0.1) is 11.1 Å². The second-order valence-corrected chi connectivity index (χ2v) is 6.34. The van der Waals surface area contributed by atoms with Crippen LogP contribution in [0.5, 0.6) is 0 Å². The van der Waals surface area contributed by atoms with Crippen molar-refractivity contribution in [1.82, 2.24) is 5.32 Å². The molecule has 0 aliphatic carbocycles. The van der Waals surface area contributed by atoms with Crippen molar-refractivity contribution in [2.75, 3.05) is 13.7 Å². The molecule has 0 amide bonds. The lowest BCUT2D eigenvalue weighted by Gasteiger charge is -2.18. The summed E-state index contributed by atoms with van der Waals surface area (Å²) in [4.78, 5) is 0. The van der Waals surface area contributed by atoms with Gasteiger partial charge in [-0.3, -0.25) is 0 Å². The average Bonchev–Trinajstić information content (AvgIpc) is 2.91. The van der Waals surface area contributed by atoms with Crippen molar-refractivity contribution >= 4 is 27.5 Å². The predicted molar refractivity (Wildman–Crippen MR) is 83.8 cm³/mol. The first kappa shape index (κ1) is 15.3. The van der Waals surface area contributed by atoms with Crippen LogP contribution < -0.4 is 5.32 Å². The minimum absolute atomic E-state index is 0.384. The van der Waals surface area contributed by atoms with Crippen molar-refractivity contribution in [3.8, 4) is 0 Å². The molecule has 1 saturated heterocycles. The smallest absolute Gasteiger partial charge is 0.0576 e. The fourth-order valence-corrected chi connectivity index (χ4v) is 3.14. The van der Waals surface area contributed by atoms with E-state index in [0.29, 0.717) is 12.1 Å². The quantitative estimate of drug-likeness (QED) is 0.805. The van der Waals surface area contributed by atoms with E-state index in [-0.39, 0.29) is 0 Å². The van der Waals surface area contributed by atoms with Gasteiger partial charge < -0.3 is 10.1 Å². The van der Waals surface area contributed by atoms with Gasteiger partial charge in [0.2, 0.25) is 0 Å². The summed E-state index contributed by atoms with van der Waals surface area (Å²) in [7, 11) is 2.01. The maximum atomic E-state index is 6.04. The lowest BCUT2D eigenvalue weighted by molar-refractivity contribution is 0.101. The second-order valence-electron chi connectivity index (χ2n) is 5.08. The Morgan fingerprint density at radius 3 is 3.00 bits per heavy atom. The van der Waals surface area contributed by atoms with Crippen molar-refractivity contribution in [1.29, 1.82) is 0 Å². The third kappa shape index (κ3) is 4.45. The zero-order valence-electron chi connectivity index (χ0n) is 11.3. The van der Waals surface area contributed by atoms with E-state index in [2.05, 4.69) is 33.4 Å². The Morgan fingerprint density at radius 1 is 1.53 bits per heavy atom. The molecule has 0 saturated carbocycles. The van der Waals surface area contributed by atoms with E-state index in [9.17, 15) is 0 Å². The molecule has 106 valence electrons. The minimum Gasteiger partial charge on any atom is -0.378 e. The topological polar surface area (TPSA) is 21.3 Å². The molecule has 0 radical (unpaired) electrons. The van der Waals surface area contributed by atoms with Crippen molar-refractivity contribution in [2.24, 2.45) is 0 Å². The van der Waals surface area contributed by atoms with E-state index in [4.69, 9.17) is 16.3 Å². The first-order chi connectivity index (χ1) is 9.20. The molecule has 1 aliphatic rings. The Bertz CT molecular complexity index is 407. The lowest BCUT2D eigenvalue weighted by Crippen LogP contribution is -2.17. The van der Waals surface area contributed by atoms with E-state index in [1.807, 2.05) is 13.1 Å². The van der Waals surface area contributed by atoms with E-state index < -0.39 is 0 Å². The third-order valence-corrected chi connectivity index (χ3v) is 4.95. The molecular weight excluding hydrogens is 326 g/mol. The number of ether oxygens (including phenoxy) is 1. The van der Waals surface area contributed by atoms with E-state index in [0.717, 1.165) is 22.5 Å². The molecule has 2 nitrogen and oxygen atoms in total. The summed E-state index contributed by atoms with van der Waals surface area (Å²) in [5.41, 5.74) is 1.28. The van der Waals surface area contributed by atoms with Crippen LogP contribution in [0.15, 0.2) is 22.7 Å². The standard InChI is InChI=1S/C15H21BrClNO/c1-18-15(6-2-4-12-5-3-9-19-12)11-7-8-14(17)13(16)10-11/h7-8,10,12,15,18H,2-6,9H2,1H3. The number of hydrogen-bond acceptors (Lipinski definition) is 2. The zero-order valence-corrected chi connectivity index (χ0v) is 13.6. The van der Waals surface area contributed by atoms with Gasteiger partial charge in [0.15, 0.2) is 0 Å². The Labute approximate surface area is 129 Å². The van der Waals surface area contributed by atoms with Gasteiger partial charge in [0, 0.05) is 17.1 Å². The van der Waals surface area contributed by atoms with Crippen molar-refractivity contribution in [3.05, 3.63) is 33.3 Å². The normalized spacial score (nSPS) is 20.7.